The third-order valence-electron chi connectivity index (χ3n) is 3.27. The van der Waals surface area contributed by atoms with Crippen LogP contribution in [-0.4, -0.2) is 6.54 Å². The number of hydrogen-bond acceptors (Lipinski definition) is 1. The van der Waals surface area contributed by atoms with Crippen LogP contribution in [0.4, 0.5) is 0 Å². The van der Waals surface area contributed by atoms with Gasteiger partial charge in [0.2, 0.25) is 0 Å². The second-order valence-electron chi connectivity index (χ2n) is 5.00. The summed E-state index contributed by atoms with van der Waals surface area (Å²) in [6.45, 7) is 5.11. The van der Waals surface area contributed by atoms with E-state index in [9.17, 15) is 0 Å². The van der Waals surface area contributed by atoms with Crippen molar-refractivity contribution in [3.05, 3.63) is 69.2 Å². The van der Waals surface area contributed by atoms with Crippen LogP contribution < -0.4 is 5.32 Å². The summed E-state index contributed by atoms with van der Waals surface area (Å²) in [7, 11) is 0. The van der Waals surface area contributed by atoms with E-state index >= 15 is 0 Å². The van der Waals surface area contributed by atoms with Gasteiger partial charge in [-0.1, -0.05) is 48.3 Å². The molecule has 1 nitrogen and oxygen atoms in total. The smallest absolute Gasteiger partial charge is 0.0411 e. The quantitative estimate of drug-likeness (QED) is 0.801. The van der Waals surface area contributed by atoms with E-state index in [4.69, 9.17) is 23.2 Å². The minimum absolute atomic E-state index is 0.263. The summed E-state index contributed by atoms with van der Waals surface area (Å²) in [5.74, 6) is 0. The summed E-state index contributed by atoms with van der Waals surface area (Å²) in [4.78, 5) is 0. The van der Waals surface area contributed by atoms with E-state index in [1.807, 2.05) is 24.3 Å². The van der Waals surface area contributed by atoms with E-state index in [0.717, 1.165) is 23.0 Å². The average molecular weight is 308 g/mol. The molecule has 1 atom stereocenters. The number of hydrogen-bond donors (Lipinski definition) is 1. The fourth-order valence-electron chi connectivity index (χ4n) is 2.38. The molecule has 2 aromatic carbocycles. The monoisotopic (exact) mass is 307 g/mol. The zero-order valence-electron chi connectivity index (χ0n) is 11.8. The molecule has 20 heavy (non-hydrogen) atoms. The lowest BCUT2D eigenvalue weighted by molar-refractivity contribution is 0.549. The lowest BCUT2D eigenvalue weighted by Crippen LogP contribution is -2.23. The molecule has 0 spiro atoms. The van der Waals surface area contributed by atoms with Crippen molar-refractivity contribution in [2.75, 3.05) is 6.54 Å². The third kappa shape index (κ3) is 4.24. The van der Waals surface area contributed by atoms with Crippen LogP contribution >= 0.6 is 23.2 Å². The Morgan fingerprint density at radius 1 is 1.00 bits per heavy atom. The molecule has 0 saturated carbocycles. The summed E-state index contributed by atoms with van der Waals surface area (Å²) in [5, 5.41) is 5.09. The van der Waals surface area contributed by atoms with Crippen molar-refractivity contribution >= 4 is 23.2 Å². The van der Waals surface area contributed by atoms with Crippen LogP contribution in [0.15, 0.2) is 42.5 Å². The van der Waals surface area contributed by atoms with Gasteiger partial charge in [0.25, 0.3) is 0 Å². The molecule has 0 aliphatic heterocycles. The largest absolute Gasteiger partial charge is 0.310 e. The normalized spacial score (nSPS) is 12.4. The summed E-state index contributed by atoms with van der Waals surface area (Å²) in [6, 6.07) is 14.5. The van der Waals surface area contributed by atoms with Crippen molar-refractivity contribution in [3.63, 3.8) is 0 Å². The molecule has 106 valence electrons. The predicted molar refractivity (Wildman–Crippen MR) is 87.8 cm³/mol. The first-order valence-corrected chi connectivity index (χ1v) is 7.59. The summed E-state index contributed by atoms with van der Waals surface area (Å²) >= 11 is 12.1. The number of benzene rings is 2. The molecule has 3 heteroatoms. The van der Waals surface area contributed by atoms with Gasteiger partial charge in [0, 0.05) is 16.1 Å². The molecule has 1 unspecified atom stereocenters. The van der Waals surface area contributed by atoms with Crippen molar-refractivity contribution < 1.29 is 0 Å². The Kier molecular flexibility index (Phi) is 5.47. The van der Waals surface area contributed by atoms with Crippen LogP contribution in [-0.2, 0) is 6.42 Å². The molecule has 0 radical (unpaired) electrons. The Bertz CT molecular complexity index is 543. The molecule has 0 heterocycles. The molecule has 0 aromatic heterocycles. The second-order valence-corrected chi connectivity index (χ2v) is 5.88. The molecule has 2 aromatic rings. The standard InChI is InChI=1S/C17H19Cl2N/c1-3-20-17(10-13-4-6-15(18)7-5-13)14-8-12(2)9-16(19)11-14/h4-9,11,17,20H,3,10H2,1-2H3. The van der Waals surface area contributed by atoms with Gasteiger partial charge in [-0.05, 0) is 60.8 Å². The van der Waals surface area contributed by atoms with E-state index in [-0.39, 0.29) is 6.04 Å². The van der Waals surface area contributed by atoms with E-state index in [1.165, 1.54) is 16.7 Å². The Labute approximate surface area is 130 Å². The Balaban J connectivity index is 2.23. The van der Waals surface area contributed by atoms with Crippen LogP contribution in [0.25, 0.3) is 0 Å². The number of halogens is 2. The van der Waals surface area contributed by atoms with Crippen molar-refractivity contribution in [2.24, 2.45) is 0 Å². The van der Waals surface area contributed by atoms with Crippen LogP contribution in [0.1, 0.15) is 29.7 Å². The van der Waals surface area contributed by atoms with E-state index in [0.29, 0.717) is 0 Å². The van der Waals surface area contributed by atoms with Crippen molar-refractivity contribution in [3.8, 4) is 0 Å². The molecule has 0 aliphatic rings. The van der Waals surface area contributed by atoms with Crippen LogP contribution in [0.2, 0.25) is 10.0 Å². The van der Waals surface area contributed by atoms with Gasteiger partial charge < -0.3 is 5.32 Å². The minimum Gasteiger partial charge on any atom is -0.310 e. The minimum atomic E-state index is 0.263. The first-order valence-electron chi connectivity index (χ1n) is 6.83. The lowest BCUT2D eigenvalue weighted by Gasteiger charge is -2.19. The topological polar surface area (TPSA) is 12.0 Å². The van der Waals surface area contributed by atoms with Gasteiger partial charge in [-0.25, -0.2) is 0 Å². The van der Waals surface area contributed by atoms with Gasteiger partial charge in [-0.2, -0.15) is 0 Å². The van der Waals surface area contributed by atoms with E-state index < -0.39 is 0 Å². The number of likely N-dealkylation sites (N-methyl/N-ethyl adjacent to an activating group) is 1. The lowest BCUT2D eigenvalue weighted by atomic mass is 9.97. The van der Waals surface area contributed by atoms with Crippen molar-refractivity contribution in [1.29, 1.82) is 0 Å². The number of aryl methyl sites for hydroxylation is 1. The van der Waals surface area contributed by atoms with Crippen molar-refractivity contribution in [1.82, 2.24) is 5.32 Å². The highest BCUT2D eigenvalue weighted by atomic mass is 35.5. The Morgan fingerprint density at radius 3 is 2.30 bits per heavy atom. The molecule has 0 bridgehead atoms. The van der Waals surface area contributed by atoms with Crippen LogP contribution in [0.5, 0.6) is 0 Å². The van der Waals surface area contributed by atoms with Gasteiger partial charge in [-0.3, -0.25) is 0 Å². The van der Waals surface area contributed by atoms with Gasteiger partial charge >= 0.3 is 0 Å². The summed E-state index contributed by atoms with van der Waals surface area (Å²) in [5.41, 5.74) is 3.68. The van der Waals surface area contributed by atoms with Crippen LogP contribution in [0.3, 0.4) is 0 Å². The zero-order valence-corrected chi connectivity index (χ0v) is 13.3. The molecule has 1 N–H and O–H groups in total. The Morgan fingerprint density at radius 2 is 1.70 bits per heavy atom. The van der Waals surface area contributed by atoms with Gasteiger partial charge in [0.05, 0.1) is 0 Å². The molecule has 2 rings (SSSR count). The Hall–Kier alpha value is -1.02. The third-order valence-corrected chi connectivity index (χ3v) is 3.74. The van der Waals surface area contributed by atoms with E-state index in [2.05, 4.69) is 37.4 Å². The SMILES string of the molecule is CCNC(Cc1ccc(Cl)cc1)c1cc(C)cc(Cl)c1. The highest BCUT2D eigenvalue weighted by Gasteiger charge is 2.12. The zero-order chi connectivity index (χ0) is 14.5. The molecular weight excluding hydrogens is 289 g/mol. The first-order chi connectivity index (χ1) is 9.58. The molecule has 0 amide bonds. The van der Waals surface area contributed by atoms with Gasteiger partial charge in [0.1, 0.15) is 0 Å². The summed E-state index contributed by atoms with van der Waals surface area (Å²) < 4.78 is 0. The first kappa shape index (κ1) is 15.4. The molecule has 0 fully saturated rings. The average Bonchev–Trinajstić information content (AvgIpc) is 2.39. The van der Waals surface area contributed by atoms with E-state index in [1.54, 1.807) is 0 Å². The van der Waals surface area contributed by atoms with Gasteiger partial charge in [-0.15, -0.1) is 0 Å². The fraction of sp³-hybridized carbons (Fsp3) is 0.294. The highest BCUT2D eigenvalue weighted by molar-refractivity contribution is 6.30. The second kappa shape index (κ2) is 7.12. The van der Waals surface area contributed by atoms with Gasteiger partial charge in [0.15, 0.2) is 0 Å². The fourth-order valence-corrected chi connectivity index (χ4v) is 2.80. The highest BCUT2D eigenvalue weighted by Crippen LogP contribution is 2.24. The van der Waals surface area contributed by atoms with Crippen LogP contribution in [0, 0.1) is 6.92 Å². The number of rotatable bonds is 5. The maximum atomic E-state index is 6.17. The summed E-state index contributed by atoms with van der Waals surface area (Å²) in [6.07, 6.45) is 0.921. The molecular formula is C17H19Cl2N. The van der Waals surface area contributed by atoms with Crippen molar-refractivity contribution in [2.45, 2.75) is 26.3 Å². The maximum Gasteiger partial charge on any atom is 0.0411 e. The molecule has 0 saturated heterocycles. The predicted octanol–water partition coefficient (Wildman–Crippen LogP) is 5.20. The number of nitrogens with one attached hydrogen (secondary N) is 1. The maximum absolute atomic E-state index is 6.17. The molecule has 0 aliphatic carbocycles.